The molecule has 146 valence electrons. The summed E-state index contributed by atoms with van der Waals surface area (Å²) in [6.07, 6.45) is 1.07. The number of esters is 1. The van der Waals surface area contributed by atoms with E-state index in [1.165, 1.54) is 0 Å². The highest BCUT2D eigenvalue weighted by atomic mass is 16.6. The van der Waals surface area contributed by atoms with Crippen LogP contribution >= 0.6 is 0 Å². The van der Waals surface area contributed by atoms with E-state index in [-0.39, 0.29) is 5.89 Å². The molecule has 29 heavy (non-hydrogen) atoms. The highest BCUT2D eigenvalue weighted by Gasteiger charge is 2.20. The summed E-state index contributed by atoms with van der Waals surface area (Å²) in [6, 6.07) is 16.7. The molecule has 0 bridgehead atoms. The average molecular weight is 388 g/mol. The van der Waals surface area contributed by atoms with Crippen molar-refractivity contribution in [3.05, 3.63) is 83.5 Å². The van der Waals surface area contributed by atoms with Crippen LogP contribution in [0.2, 0.25) is 0 Å². The maximum absolute atomic E-state index is 12.5. The molecule has 4 aromatic rings. The van der Waals surface area contributed by atoms with Crippen LogP contribution in [0.15, 0.2) is 65.2 Å². The van der Waals surface area contributed by atoms with Crippen LogP contribution in [0.3, 0.4) is 0 Å². The van der Waals surface area contributed by atoms with Gasteiger partial charge in [-0.2, -0.15) is 5.10 Å². The van der Waals surface area contributed by atoms with Gasteiger partial charge < -0.3 is 9.15 Å². The van der Waals surface area contributed by atoms with Gasteiger partial charge in [0.1, 0.15) is 0 Å². The van der Waals surface area contributed by atoms with E-state index >= 15 is 0 Å². The zero-order valence-corrected chi connectivity index (χ0v) is 16.4. The summed E-state index contributed by atoms with van der Waals surface area (Å²) in [5, 5.41) is 12.3. The van der Waals surface area contributed by atoms with Crippen molar-refractivity contribution in [3.8, 4) is 17.1 Å². The van der Waals surface area contributed by atoms with Gasteiger partial charge in [-0.3, -0.25) is 0 Å². The molecule has 0 aliphatic rings. The summed E-state index contributed by atoms with van der Waals surface area (Å²) in [5.74, 6) is 0.177. The molecule has 2 heterocycles. The Balaban J connectivity index is 1.44. The van der Waals surface area contributed by atoms with Crippen LogP contribution in [0, 0.1) is 13.8 Å². The molecule has 0 saturated carbocycles. The maximum atomic E-state index is 12.5. The van der Waals surface area contributed by atoms with Crippen molar-refractivity contribution in [2.45, 2.75) is 26.9 Å². The Labute approximate surface area is 168 Å². The topological polar surface area (TPSA) is 83.0 Å². The molecule has 4 rings (SSSR count). The van der Waals surface area contributed by atoms with Gasteiger partial charge in [-0.25, -0.2) is 9.48 Å². The van der Waals surface area contributed by atoms with E-state index in [1.54, 1.807) is 29.9 Å². The van der Waals surface area contributed by atoms with Crippen molar-refractivity contribution < 1.29 is 13.9 Å². The summed E-state index contributed by atoms with van der Waals surface area (Å²) in [5.41, 5.74) is 4.28. The fourth-order valence-corrected chi connectivity index (χ4v) is 2.87. The van der Waals surface area contributed by atoms with Gasteiger partial charge in [0.2, 0.25) is 5.89 Å². The molecule has 0 saturated heterocycles. The third-order valence-electron chi connectivity index (χ3n) is 4.55. The Morgan fingerprint density at radius 3 is 2.38 bits per heavy atom. The molecule has 0 unspecified atom stereocenters. The van der Waals surface area contributed by atoms with Gasteiger partial charge in [-0.15, -0.1) is 10.2 Å². The Morgan fingerprint density at radius 2 is 1.72 bits per heavy atom. The fourth-order valence-electron chi connectivity index (χ4n) is 2.87. The fraction of sp³-hybridized carbons (Fsp3) is 0.182. The summed E-state index contributed by atoms with van der Waals surface area (Å²) < 4.78 is 13.0. The minimum Gasteiger partial charge on any atom is -0.449 e. The Bertz CT molecular complexity index is 1130. The van der Waals surface area contributed by atoms with Gasteiger partial charge >= 0.3 is 5.97 Å². The number of hydrogen-bond acceptors (Lipinski definition) is 6. The summed E-state index contributed by atoms with van der Waals surface area (Å²) in [6.45, 7) is 5.67. The number of carbonyl (C=O) groups excluding carboxylic acids is 1. The van der Waals surface area contributed by atoms with Crippen LogP contribution in [0.1, 0.15) is 40.5 Å². The van der Waals surface area contributed by atoms with E-state index in [1.807, 2.05) is 56.3 Å². The SMILES string of the molecule is Cc1ccc(-c2nnc([C@H](C)OC(=O)c3ccc(-n4nccc4C)cc3)o2)cc1. The second kappa shape index (κ2) is 7.71. The zero-order valence-electron chi connectivity index (χ0n) is 16.4. The predicted molar refractivity (Wildman–Crippen MR) is 107 cm³/mol. The molecule has 7 heteroatoms. The van der Waals surface area contributed by atoms with Crippen molar-refractivity contribution in [1.29, 1.82) is 0 Å². The Kier molecular flexibility index (Phi) is 4.95. The van der Waals surface area contributed by atoms with Crippen molar-refractivity contribution in [2.24, 2.45) is 0 Å². The average Bonchev–Trinajstić information content (AvgIpc) is 3.38. The van der Waals surface area contributed by atoms with Crippen LogP contribution in [-0.4, -0.2) is 25.9 Å². The molecular weight excluding hydrogens is 368 g/mol. The largest absolute Gasteiger partial charge is 0.449 e. The van der Waals surface area contributed by atoms with E-state index in [2.05, 4.69) is 15.3 Å². The van der Waals surface area contributed by atoms with Crippen molar-refractivity contribution in [1.82, 2.24) is 20.0 Å². The summed E-state index contributed by atoms with van der Waals surface area (Å²) in [7, 11) is 0. The maximum Gasteiger partial charge on any atom is 0.338 e. The summed E-state index contributed by atoms with van der Waals surface area (Å²) in [4.78, 5) is 12.5. The summed E-state index contributed by atoms with van der Waals surface area (Å²) >= 11 is 0. The smallest absolute Gasteiger partial charge is 0.338 e. The number of aromatic nitrogens is 4. The molecule has 1 atom stereocenters. The molecule has 0 aliphatic heterocycles. The van der Waals surface area contributed by atoms with Crippen molar-refractivity contribution in [3.63, 3.8) is 0 Å². The molecular formula is C22H20N4O3. The molecule has 7 nitrogen and oxygen atoms in total. The third-order valence-corrected chi connectivity index (χ3v) is 4.55. The first kappa shape index (κ1) is 18.6. The lowest BCUT2D eigenvalue weighted by molar-refractivity contribution is 0.0280. The minimum atomic E-state index is -0.665. The lowest BCUT2D eigenvalue weighted by atomic mass is 10.1. The first-order valence-corrected chi connectivity index (χ1v) is 9.24. The van der Waals surface area contributed by atoms with Gasteiger partial charge in [0.05, 0.1) is 11.3 Å². The van der Waals surface area contributed by atoms with Crippen LogP contribution in [0.5, 0.6) is 0 Å². The third kappa shape index (κ3) is 3.94. The van der Waals surface area contributed by atoms with Crippen LogP contribution in [-0.2, 0) is 4.74 Å². The number of carbonyl (C=O) groups is 1. The van der Waals surface area contributed by atoms with Crippen LogP contribution in [0.25, 0.3) is 17.1 Å². The number of benzene rings is 2. The predicted octanol–water partition coefficient (Wildman–Crippen LogP) is 4.46. The second-order valence-electron chi connectivity index (χ2n) is 6.79. The molecule has 0 amide bonds. The van der Waals surface area contributed by atoms with E-state index in [0.717, 1.165) is 22.5 Å². The number of ether oxygens (including phenoxy) is 1. The van der Waals surface area contributed by atoms with E-state index in [0.29, 0.717) is 11.5 Å². The second-order valence-corrected chi connectivity index (χ2v) is 6.79. The number of rotatable bonds is 5. The highest BCUT2D eigenvalue weighted by Crippen LogP contribution is 2.23. The van der Waals surface area contributed by atoms with E-state index < -0.39 is 12.1 Å². The first-order valence-electron chi connectivity index (χ1n) is 9.24. The molecule has 0 fully saturated rings. The first-order chi connectivity index (χ1) is 14.0. The van der Waals surface area contributed by atoms with E-state index in [4.69, 9.17) is 9.15 Å². The lowest BCUT2D eigenvalue weighted by Crippen LogP contribution is -2.10. The zero-order chi connectivity index (χ0) is 20.4. The van der Waals surface area contributed by atoms with Gasteiger partial charge in [-0.05, 0) is 63.2 Å². The van der Waals surface area contributed by atoms with Crippen LogP contribution in [0.4, 0.5) is 0 Å². The Morgan fingerprint density at radius 1 is 1.00 bits per heavy atom. The van der Waals surface area contributed by atoms with Crippen molar-refractivity contribution >= 4 is 5.97 Å². The lowest BCUT2D eigenvalue weighted by Gasteiger charge is -2.10. The molecule has 0 aliphatic carbocycles. The van der Waals surface area contributed by atoms with Gasteiger partial charge in [0, 0.05) is 17.5 Å². The molecule has 0 spiro atoms. The molecule has 0 N–H and O–H groups in total. The standard InChI is InChI=1S/C22H20N4O3/c1-14-4-6-17(7-5-14)21-25-24-20(29-21)16(3)28-22(27)18-8-10-19(11-9-18)26-15(2)12-13-23-26/h4-13,16H,1-3H3/t16-/m0/s1. The molecule has 0 radical (unpaired) electrons. The van der Waals surface area contributed by atoms with Gasteiger partial charge in [-0.1, -0.05) is 17.7 Å². The number of aryl methyl sites for hydroxylation is 2. The normalized spacial score (nSPS) is 12.0. The van der Waals surface area contributed by atoms with Crippen molar-refractivity contribution in [2.75, 3.05) is 0 Å². The van der Waals surface area contributed by atoms with Crippen LogP contribution < -0.4 is 0 Å². The molecule has 2 aromatic heterocycles. The number of nitrogens with zero attached hydrogens (tertiary/aromatic N) is 4. The van der Waals surface area contributed by atoms with E-state index in [9.17, 15) is 4.79 Å². The highest BCUT2D eigenvalue weighted by molar-refractivity contribution is 5.89. The van der Waals surface area contributed by atoms with Gasteiger partial charge in [0.25, 0.3) is 5.89 Å². The Hall–Kier alpha value is -3.74. The monoisotopic (exact) mass is 388 g/mol. The number of hydrogen-bond donors (Lipinski definition) is 0. The molecule has 2 aromatic carbocycles. The minimum absolute atomic E-state index is 0.248. The quantitative estimate of drug-likeness (QED) is 0.470. The van der Waals surface area contributed by atoms with Gasteiger partial charge in [0.15, 0.2) is 6.10 Å².